The molecule has 4 atom stereocenters. The van der Waals surface area contributed by atoms with E-state index in [-0.39, 0.29) is 24.6 Å². The van der Waals surface area contributed by atoms with Crippen LogP contribution in [0.1, 0.15) is 53.2 Å². The Morgan fingerprint density at radius 2 is 1.92 bits per heavy atom. The quantitative estimate of drug-likeness (QED) is 0.362. The average molecular weight is 519 g/mol. The molecule has 1 aliphatic carbocycles. The van der Waals surface area contributed by atoms with Gasteiger partial charge in [0, 0.05) is 31.2 Å². The fourth-order valence-corrected chi connectivity index (χ4v) is 6.05. The van der Waals surface area contributed by atoms with Gasteiger partial charge in [0.15, 0.2) is 0 Å². The summed E-state index contributed by atoms with van der Waals surface area (Å²) in [6, 6.07) is 8.46. The van der Waals surface area contributed by atoms with Crippen molar-refractivity contribution in [2.24, 2.45) is 10.9 Å². The number of benzene rings is 1. The Bertz CT molecular complexity index is 1300. The Balaban J connectivity index is 1.50. The summed E-state index contributed by atoms with van der Waals surface area (Å²) in [5, 5.41) is 27.9. The van der Waals surface area contributed by atoms with Gasteiger partial charge in [0.2, 0.25) is 5.95 Å². The van der Waals surface area contributed by atoms with Crippen LogP contribution in [0.25, 0.3) is 16.6 Å². The highest BCUT2D eigenvalue weighted by atomic mass is 32.1. The van der Waals surface area contributed by atoms with E-state index >= 15 is 0 Å². The molecule has 8 nitrogen and oxygen atoms in total. The van der Waals surface area contributed by atoms with Crippen molar-refractivity contribution in [1.82, 2.24) is 15.0 Å². The summed E-state index contributed by atoms with van der Waals surface area (Å²) < 4.78 is 0. The Kier molecular flexibility index (Phi) is 7.64. The zero-order chi connectivity index (χ0) is 25.9. The van der Waals surface area contributed by atoms with Crippen LogP contribution in [0, 0.1) is 19.8 Å². The number of anilines is 2. The lowest BCUT2D eigenvalue weighted by atomic mass is 10.1. The van der Waals surface area contributed by atoms with Crippen molar-refractivity contribution in [2.75, 3.05) is 23.8 Å². The highest BCUT2D eigenvalue weighted by molar-refractivity contribution is 7.16. The van der Waals surface area contributed by atoms with Crippen molar-refractivity contribution >= 4 is 35.4 Å². The standard InChI is InChI=1S/C28H34N6O2S/c1-16-6-8-19(9-7-16)17(2)30-28-31-18(3)25(26(34-28)32-21-13-20(15-35)23(36)14-21)27-33-22-10-12-29-11-4-5-24(22)37-27/h4-9,12,17,20-21,23,35-36H,10-11,13-15H2,1-3H3,(H2,30,31,32,34)/t17-,20?,21?,23+/m1/s1. The third-order valence-electron chi connectivity index (χ3n) is 7.08. The molecular weight excluding hydrogens is 484 g/mol. The van der Waals surface area contributed by atoms with Crippen LogP contribution in [-0.4, -0.2) is 56.7 Å². The topological polar surface area (TPSA) is 116 Å². The molecule has 0 amide bonds. The SMILES string of the molecule is Cc1ccc([C@@H](C)Nc2nc(C)c(-c3nc4c(s3)C=CCN=CC4)c(NC3CC(CO)[C@@H](O)C3)n2)cc1. The second-order valence-electron chi connectivity index (χ2n) is 9.94. The van der Waals surface area contributed by atoms with Gasteiger partial charge in [-0.05, 0) is 45.3 Å². The smallest absolute Gasteiger partial charge is 0.225 e. The van der Waals surface area contributed by atoms with Gasteiger partial charge in [0.05, 0.1) is 40.5 Å². The van der Waals surface area contributed by atoms with E-state index in [0.29, 0.717) is 37.6 Å². The lowest BCUT2D eigenvalue weighted by Crippen LogP contribution is -2.20. The largest absolute Gasteiger partial charge is 0.396 e. The predicted molar refractivity (Wildman–Crippen MR) is 150 cm³/mol. The van der Waals surface area contributed by atoms with E-state index in [2.05, 4.69) is 59.8 Å². The van der Waals surface area contributed by atoms with Gasteiger partial charge in [0.1, 0.15) is 10.8 Å². The number of aryl methyl sites for hydroxylation is 2. The zero-order valence-corrected chi connectivity index (χ0v) is 22.3. The molecule has 2 aromatic heterocycles. The van der Waals surface area contributed by atoms with Crippen molar-refractivity contribution < 1.29 is 10.2 Å². The van der Waals surface area contributed by atoms with Crippen LogP contribution in [0.4, 0.5) is 11.8 Å². The second kappa shape index (κ2) is 11.1. The molecule has 1 aliphatic heterocycles. The van der Waals surface area contributed by atoms with Gasteiger partial charge in [-0.2, -0.15) is 4.98 Å². The first-order chi connectivity index (χ1) is 17.9. The van der Waals surface area contributed by atoms with E-state index in [1.165, 1.54) is 5.56 Å². The normalized spacial score (nSPS) is 21.8. The van der Waals surface area contributed by atoms with Gasteiger partial charge in [-0.25, -0.2) is 9.97 Å². The van der Waals surface area contributed by atoms with Crippen molar-refractivity contribution in [1.29, 1.82) is 0 Å². The Hall–Kier alpha value is -3.14. The molecule has 4 N–H and O–H groups in total. The molecule has 37 heavy (non-hydrogen) atoms. The van der Waals surface area contributed by atoms with Crippen molar-refractivity contribution in [3.05, 3.63) is 57.7 Å². The molecule has 194 valence electrons. The predicted octanol–water partition coefficient (Wildman–Crippen LogP) is 4.57. The van der Waals surface area contributed by atoms with Gasteiger partial charge in [-0.15, -0.1) is 11.3 Å². The number of aliphatic hydroxyl groups is 2. The van der Waals surface area contributed by atoms with Crippen LogP contribution in [0.2, 0.25) is 0 Å². The van der Waals surface area contributed by atoms with Crippen LogP contribution in [-0.2, 0) is 6.42 Å². The van der Waals surface area contributed by atoms with Crippen LogP contribution in [0.5, 0.6) is 0 Å². The van der Waals surface area contributed by atoms with Crippen LogP contribution in [0.15, 0.2) is 35.3 Å². The summed E-state index contributed by atoms with van der Waals surface area (Å²) >= 11 is 1.63. The minimum atomic E-state index is -0.530. The van der Waals surface area contributed by atoms with E-state index < -0.39 is 6.10 Å². The summed E-state index contributed by atoms with van der Waals surface area (Å²) in [5.74, 6) is 1.10. The maximum absolute atomic E-state index is 10.4. The maximum atomic E-state index is 10.4. The minimum Gasteiger partial charge on any atom is -0.396 e. The van der Waals surface area contributed by atoms with Crippen LogP contribution >= 0.6 is 11.3 Å². The highest BCUT2D eigenvalue weighted by Gasteiger charge is 2.33. The van der Waals surface area contributed by atoms with Crippen molar-refractivity contribution in [2.45, 2.75) is 58.2 Å². The summed E-state index contributed by atoms with van der Waals surface area (Å²) in [5.41, 5.74) is 5.07. The van der Waals surface area contributed by atoms with E-state index in [0.717, 1.165) is 32.4 Å². The molecule has 5 rings (SSSR count). The molecular formula is C28H34N6O2S. The van der Waals surface area contributed by atoms with Crippen molar-refractivity contribution in [3.8, 4) is 10.6 Å². The number of aliphatic hydroxyl groups excluding tert-OH is 2. The van der Waals surface area contributed by atoms with E-state index in [9.17, 15) is 10.2 Å². The fourth-order valence-electron chi connectivity index (χ4n) is 4.93. The maximum Gasteiger partial charge on any atom is 0.225 e. The Morgan fingerprint density at radius 1 is 1.11 bits per heavy atom. The zero-order valence-electron chi connectivity index (χ0n) is 21.5. The Labute approximate surface area is 221 Å². The molecule has 2 unspecified atom stereocenters. The van der Waals surface area contributed by atoms with Gasteiger partial charge >= 0.3 is 0 Å². The lowest BCUT2D eigenvalue weighted by molar-refractivity contribution is 0.0908. The van der Waals surface area contributed by atoms with Gasteiger partial charge in [0.25, 0.3) is 0 Å². The summed E-state index contributed by atoms with van der Waals surface area (Å²) in [4.78, 5) is 20.2. The number of nitrogens with one attached hydrogen (secondary N) is 2. The van der Waals surface area contributed by atoms with E-state index in [4.69, 9.17) is 15.0 Å². The Morgan fingerprint density at radius 3 is 2.68 bits per heavy atom. The van der Waals surface area contributed by atoms with Crippen LogP contribution in [0.3, 0.4) is 0 Å². The number of thiazole rings is 1. The third kappa shape index (κ3) is 5.74. The number of aliphatic imine (C=N–C) groups is 1. The first-order valence-electron chi connectivity index (χ1n) is 12.8. The highest BCUT2D eigenvalue weighted by Crippen LogP contribution is 2.38. The number of hydrogen-bond donors (Lipinski definition) is 4. The van der Waals surface area contributed by atoms with Gasteiger partial charge in [-0.1, -0.05) is 35.9 Å². The van der Waals surface area contributed by atoms with E-state index in [1.54, 1.807) is 11.3 Å². The van der Waals surface area contributed by atoms with Gasteiger partial charge < -0.3 is 20.8 Å². The lowest BCUT2D eigenvalue weighted by Gasteiger charge is -2.20. The number of aromatic nitrogens is 3. The number of rotatable bonds is 7. The molecule has 1 fully saturated rings. The fraction of sp³-hybridized carbons (Fsp3) is 0.429. The first kappa shape index (κ1) is 25.5. The molecule has 9 heteroatoms. The molecule has 0 saturated heterocycles. The molecule has 1 aromatic carbocycles. The number of nitrogens with zero attached hydrogens (tertiary/aromatic N) is 4. The summed E-state index contributed by atoms with van der Waals surface area (Å²) in [7, 11) is 0. The molecule has 3 heterocycles. The minimum absolute atomic E-state index is 0.00409. The number of hydrogen-bond acceptors (Lipinski definition) is 9. The molecule has 0 spiro atoms. The molecule has 3 aromatic rings. The summed E-state index contributed by atoms with van der Waals surface area (Å²) in [6.07, 6.45) is 7.46. The van der Waals surface area contributed by atoms with E-state index in [1.807, 2.05) is 19.2 Å². The third-order valence-corrected chi connectivity index (χ3v) is 8.16. The number of fused-ring (bicyclic) bond motifs is 1. The molecule has 2 aliphatic rings. The first-order valence-corrected chi connectivity index (χ1v) is 13.6. The monoisotopic (exact) mass is 518 g/mol. The molecule has 0 radical (unpaired) electrons. The summed E-state index contributed by atoms with van der Waals surface area (Å²) in [6.45, 7) is 6.81. The second-order valence-corrected chi connectivity index (χ2v) is 11.0. The van der Waals surface area contributed by atoms with Crippen molar-refractivity contribution in [3.63, 3.8) is 0 Å². The average Bonchev–Trinajstić information content (AvgIpc) is 3.40. The van der Waals surface area contributed by atoms with Crippen LogP contribution < -0.4 is 10.6 Å². The molecule has 0 bridgehead atoms. The molecule has 1 saturated carbocycles. The van der Waals surface area contributed by atoms with Gasteiger partial charge in [-0.3, -0.25) is 4.99 Å².